The largest absolute Gasteiger partial charge is 0.496 e. The molecule has 0 bridgehead atoms. The van der Waals surface area contributed by atoms with E-state index in [1.54, 1.807) is 19.2 Å². The van der Waals surface area contributed by atoms with Crippen LogP contribution in [0.25, 0.3) is 11.3 Å². The number of hydrogen-bond acceptors (Lipinski definition) is 6. The van der Waals surface area contributed by atoms with E-state index in [2.05, 4.69) is 9.97 Å². The van der Waals surface area contributed by atoms with Crippen molar-refractivity contribution in [3.63, 3.8) is 0 Å². The molecule has 0 amide bonds. The summed E-state index contributed by atoms with van der Waals surface area (Å²) in [7, 11) is 1.59. The SMILES string of the molecule is COc1ccc(-c2nc(SC)[nH]c(=O)c2C#N)cc1COc1c(C)cccc1C. The maximum Gasteiger partial charge on any atom is 0.270 e. The van der Waals surface area contributed by atoms with Crippen LogP contribution in [0.15, 0.2) is 46.3 Å². The fourth-order valence-corrected chi connectivity index (χ4v) is 3.45. The Morgan fingerprint density at radius 1 is 1.21 bits per heavy atom. The first kappa shape index (κ1) is 20.5. The second kappa shape index (κ2) is 8.84. The molecule has 0 aliphatic carbocycles. The van der Waals surface area contributed by atoms with Gasteiger partial charge in [0.05, 0.1) is 12.8 Å². The third kappa shape index (κ3) is 4.28. The first-order valence-electron chi connectivity index (χ1n) is 8.93. The number of para-hydroxylation sites is 1. The second-order valence-corrected chi connectivity index (χ2v) is 7.24. The minimum absolute atomic E-state index is 0.0189. The van der Waals surface area contributed by atoms with Crippen LogP contribution < -0.4 is 15.0 Å². The number of ether oxygens (including phenoxy) is 2. The van der Waals surface area contributed by atoms with E-state index in [0.717, 1.165) is 22.4 Å². The van der Waals surface area contributed by atoms with Crippen LogP contribution in [0.1, 0.15) is 22.3 Å². The van der Waals surface area contributed by atoms with Gasteiger partial charge in [-0.3, -0.25) is 4.79 Å². The average molecular weight is 407 g/mol. The summed E-state index contributed by atoms with van der Waals surface area (Å²) in [5, 5.41) is 9.89. The van der Waals surface area contributed by atoms with Crippen molar-refractivity contribution in [3.8, 4) is 28.8 Å². The average Bonchev–Trinajstić information content (AvgIpc) is 2.72. The summed E-state index contributed by atoms with van der Waals surface area (Å²) < 4.78 is 11.5. The molecule has 0 aliphatic rings. The second-order valence-electron chi connectivity index (χ2n) is 6.45. The van der Waals surface area contributed by atoms with Crippen molar-refractivity contribution in [2.24, 2.45) is 0 Å². The van der Waals surface area contributed by atoms with Gasteiger partial charge in [0.2, 0.25) is 0 Å². The van der Waals surface area contributed by atoms with Gasteiger partial charge in [-0.05, 0) is 49.4 Å². The Hall–Kier alpha value is -3.24. The van der Waals surface area contributed by atoms with Gasteiger partial charge in [0, 0.05) is 11.1 Å². The molecule has 2 aromatic carbocycles. The van der Waals surface area contributed by atoms with E-state index < -0.39 is 5.56 Å². The Morgan fingerprint density at radius 2 is 1.93 bits per heavy atom. The summed E-state index contributed by atoms with van der Waals surface area (Å²) in [6.45, 7) is 4.28. The number of nitrogens with one attached hydrogen (secondary N) is 1. The summed E-state index contributed by atoms with van der Waals surface area (Å²) >= 11 is 1.31. The third-order valence-corrected chi connectivity index (χ3v) is 5.12. The summed E-state index contributed by atoms with van der Waals surface area (Å²) in [5.74, 6) is 1.49. The molecule has 7 heteroatoms. The van der Waals surface area contributed by atoms with Crippen molar-refractivity contribution in [3.05, 3.63) is 69.0 Å². The first-order chi connectivity index (χ1) is 14.0. The molecule has 148 valence electrons. The zero-order valence-electron chi connectivity index (χ0n) is 16.7. The maximum absolute atomic E-state index is 12.2. The molecule has 0 saturated carbocycles. The van der Waals surface area contributed by atoms with E-state index in [1.807, 2.05) is 50.4 Å². The molecule has 0 fully saturated rings. The minimum atomic E-state index is -0.453. The molecule has 0 radical (unpaired) electrons. The van der Waals surface area contributed by atoms with Crippen LogP contribution in [0.3, 0.4) is 0 Å². The predicted octanol–water partition coefficient (Wildman–Crippen LogP) is 4.23. The zero-order valence-corrected chi connectivity index (χ0v) is 17.5. The molecule has 6 nitrogen and oxygen atoms in total. The van der Waals surface area contributed by atoms with Gasteiger partial charge in [0.15, 0.2) is 5.16 Å². The number of methoxy groups -OCH3 is 1. The maximum atomic E-state index is 12.2. The Labute approximate surface area is 173 Å². The number of nitriles is 1. The lowest BCUT2D eigenvalue weighted by molar-refractivity contribution is 0.293. The number of thioether (sulfide) groups is 1. The highest BCUT2D eigenvalue weighted by atomic mass is 32.2. The van der Waals surface area contributed by atoms with E-state index in [9.17, 15) is 10.1 Å². The molecule has 0 saturated heterocycles. The van der Waals surface area contributed by atoms with Gasteiger partial charge in [-0.1, -0.05) is 30.0 Å². The molecule has 1 aromatic heterocycles. The highest BCUT2D eigenvalue weighted by Gasteiger charge is 2.16. The van der Waals surface area contributed by atoms with Gasteiger partial charge >= 0.3 is 0 Å². The van der Waals surface area contributed by atoms with Crippen molar-refractivity contribution in [1.29, 1.82) is 5.26 Å². The summed E-state index contributed by atoms with van der Waals surface area (Å²) in [4.78, 5) is 19.3. The van der Waals surface area contributed by atoms with Crippen molar-refractivity contribution in [2.75, 3.05) is 13.4 Å². The Morgan fingerprint density at radius 3 is 2.55 bits per heavy atom. The number of hydrogen-bond donors (Lipinski definition) is 1. The number of benzene rings is 2. The van der Waals surface area contributed by atoms with Crippen LogP contribution in [-0.2, 0) is 6.61 Å². The number of aromatic amines is 1. The molecule has 0 unspecified atom stereocenters. The molecule has 1 N–H and O–H groups in total. The summed E-state index contributed by atoms with van der Waals surface area (Å²) in [6.07, 6.45) is 1.81. The van der Waals surface area contributed by atoms with Crippen LogP contribution in [0, 0.1) is 25.2 Å². The fourth-order valence-electron chi connectivity index (χ4n) is 3.08. The van der Waals surface area contributed by atoms with Crippen LogP contribution in [0.5, 0.6) is 11.5 Å². The van der Waals surface area contributed by atoms with Crippen LogP contribution in [0.4, 0.5) is 0 Å². The van der Waals surface area contributed by atoms with Gasteiger partial charge in [-0.2, -0.15) is 5.26 Å². The standard InChI is InChI=1S/C22H21N3O3S/c1-13-6-5-7-14(2)20(13)28-12-16-10-15(8-9-18(16)27-3)19-17(11-23)21(26)25-22(24-19)29-4/h5-10H,12H2,1-4H3,(H,24,25,26). The first-order valence-corrected chi connectivity index (χ1v) is 10.2. The van der Waals surface area contributed by atoms with Crippen molar-refractivity contribution in [1.82, 2.24) is 9.97 Å². The van der Waals surface area contributed by atoms with E-state index in [-0.39, 0.29) is 12.2 Å². The van der Waals surface area contributed by atoms with Gasteiger partial charge in [-0.15, -0.1) is 0 Å². The molecule has 3 aromatic rings. The normalized spacial score (nSPS) is 10.4. The molecule has 29 heavy (non-hydrogen) atoms. The third-order valence-electron chi connectivity index (χ3n) is 4.54. The molecule has 0 aliphatic heterocycles. The lowest BCUT2D eigenvalue weighted by Crippen LogP contribution is -2.14. The highest BCUT2D eigenvalue weighted by Crippen LogP contribution is 2.30. The summed E-state index contributed by atoms with van der Waals surface area (Å²) in [6, 6.07) is 13.4. The molecular weight excluding hydrogens is 386 g/mol. The van der Waals surface area contributed by atoms with Gasteiger partial charge in [0.25, 0.3) is 5.56 Å². The smallest absolute Gasteiger partial charge is 0.270 e. The van der Waals surface area contributed by atoms with E-state index >= 15 is 0 Å². The zero-order chi connectivity index (χ0) is 21.0. The number of aromatic nitrogens is 2. The van der Waals surface area contributed by atoms with Crippen molar-refractivity contribution in [2.45, 2.75) is 25.6 Å². The number of H-pyrrole nitrogens is 1. The Kier molecular flexibility index (Phi) is 6.25. The van der Waals surface area contributed by atoms with Crippen molar-refractivity contribution < 1.29 is 9.47 Å². The number of rotatable bonds is 6. The van der Waals surface area contributed by atoms with E-state index in [4.69, 9.17) is 9.47 Å². The minimum Gasteiger partial charge on any atom is -0.496 e. The highest BCUT2D eigenvalue weighted by molar-refractivity contribution is 7.98. The van der Waals surface area contributed by atoms with Gasteiger partial charge in [0.1, 0.15) is 29.7 Å². The van der Waals surface area contributed by atoms with E-state index in [0.29, 0.717) is 22.2 Å². The van der Waals surface area contributed by atoms with Crippen LogP contribution >= 0.6 is 11.8 Å². The van der Waals surface area contributed by atoms with Crippen molar-refractivity contribution >= 4 is 11.8 Å². The summed E-state index contributed by atoms with van der Waals surface area (Å²) in [5.41, 5.74) is 3.42. The predicted molar refractivity (Wildman–Crippen MR) is 114 cm³/mol. The van der Waals surface area contributed by atoms with Gasteiger partial charge < -0.3 is 14.5 Å². The number of nitrogens with zero attached hydrogens (tertiary/aromatic N) is 2. The van der Waals surface area contributed by atoms with Crippen LogP contribution in [-0.4, -0.2) is 23.3 Å². The monoisotopic (exact) mass is 407 g/mol. The lowest BCUT2D eigenvalue weighted by atomic mass is 10.0. The molecule has 0 spiro atoms. The van der Waals surface area contributed by atoms with E-state index in [1.165, 1.54) is 11.8 Å². The molecule has 3 rings (SSSR count). The lowest BCUT2D eigenvalue weighted by Gasteiger charge is -2.15. The Balaban J connectivity index is 2.04. The fraction of sp³-hybridized carbons (Fsp3) is 0.227. The molecule has 1 heterocycles. The quantitative estimate of drug-likeness (QED) is 0.486. The topological polar surface area (TPSA) is 88.0 Å². The number of aryl methyl sites for hydroxylation is 2. The van der Waals surface area contributed by atoms with Gasteiger partial charge in [-0.25, -0.2) is 4.98 Å². The Bertz CT molecular complexity index is 1130. The molecular formula is C22H21N3O3S. The van der Waals surface area contributed by atoms with Crippen LogP contribution in [0.2, 0.25) is 0 Å². The molecule has 0 atom stereocenters.